The SMILES string of the molecule is Cc1nc(CN2C(=O)C[C@H]3NCC[C@H]32)sc1C.Cl. The van der Waals surface area contributed by atoms with Crippen molar-refractivity contribution in [2.24, 2.45) is 0 Å². The van der Waals surface area contributed by atoms with Gasteiger partial charge in [0.25, 0.3) is 0 Å². The van der Waals surface area contributed by atoms with Gasteiger partial charge in [0.05, 0.1) is 12.2 Å². The Morgan fingerprint density at radius 1 is 1.50 bits per heavy atom. The topological polar surface area (TPSA) is 45.2 Å². The standard InChI is InChI=1S/C12H17N3OS.ClH/c1-7-8(2)17-11(14-7)6-15-10-3-4-13-9(10)5-12(15)16;/h9-10,13H,3-6H2,1-2H3;1H/t9-,10-;/m1./s1. The second-order valence-electron chi connectivity index (χ2n) is 4.89. The molecule has 18 heavy (non-hydrogen) atoms. The summed E-state index contributed by atoms with van der Waals surface area (Å²) in [5.74, 6) is 0.276. The fourth-order valence-corrected chi connectivity index (χ4v) is 3.72. The molecule has 0 bridgehead atoms. The van der Waals surface area contributed by atoms with Crippen LogP contribution in [0.2, 0.25) is 0 Å². The van der Waals surface area contributed by atoms with E-state index in [2.05, 4.69) is 17.2 Å². The number of fused-ring (bicyclic) bond motifs is 1. The summed E-state index contributed by atoms with van der Waals surface area (Å²) in [4.78, 5) is 19.7. The van der Waals surface area contributed by atoms with E-state index in [9.17, 15) is 4.79 Å². The highest BCUT2D eigenvalue weighted by atomic mass is 35.5. The number of aromatic nitrogens is 1. The molecule has 0 spiro atoms. The summed E-state index contributed by atoms with van der Waals surface area (Å²) in [7, 11) is 0. The first-order valence-corrected chi connectivity index (χ1v) is 6.92. The van der Waals surface area contributed by atoms with E-state index < -0.39 is 0 Å². The number of hydrogen-bond donors (Lipinski definition) is 1. The minimum atomic E-state index is 0. The van der Waals surface area contributed by atoms with Crippen LogP contribution in [0, 0.1) is 13.8 Å². The molecule has 2 aliphatic heterocycles. The molecule has 100 valence electrons. The maximum absolute atomic E-state index is 11.9. The maximum atomic E-state index is 11.9. The highest BCUT2D eigenvalue weighted by molar-refractivity contribution is 7.11. The van der Waals surface area contributed by atoms with E-state index in [1.54, 1.807) is 11.3 Å². The molecule has 3 heterocycles. The molecule has 1 aromatic rings. The molecule has 2 saturated heterocycles. The number of hydrogen-bond acceptors (Lipinski definition) is 4. The van der Waals surface area contributed by atoms with Gasteiger partial charge in [-0.05, 0) is 26.8 Å². The lowest BCUT2D eigenvalue weighted by Crippen LogP contribution is -2.35. The van der Waals surface area contributed by atoms with Crippen molar-refractivity contribution in [3.63, 3.8) is 0 Å². The van der Waals surface area contributed by atoms with Crippen LogP contribution in [0.3, 0.4) is 0 Å². The molecule has 1 aromatic heterocycles. The van der Waals surface area contributed by atoms with E-state index in [0.717, 1.165) is 23.7 Å². The van der Waals surface area contributed by atoms with E-state index in [0.29, 0.717) is 25.0 Å². The van der Waals surface area contributed by atoms with Gasteiger partial charge in [-0.25, -0.2) is 4.98 Å². The van der Waals surface area contributed by atoms with Crippen molar-refractivity contribution in [3.8, 4) is 0 Å². The van der Waals surface area contributed by atoms with Gasteiger partial charge in [-0.1, -0.05) is 0 Å². The van der Waals surface area contributed by atoms with Crippen LogP contribution in [-0.2, 0) is 11.3 Å². The van der Waals surface area contributed by atoms with Crippen molar-refractivity contribution in [2.75, 3.05) is 6.54 Å². The van der Waals surface area contributed by atoms with Crippen LogP contribution in [0.15, 0.2) is 0 Å². The summed E-state index contributed by atoms with van der Waals surface area (Å²) >= 11 is 1.71. The van der Waals surface area contributed by atoms with Gasteiger partial charge in [-0.3, -0.25) is 4.79 Å². The molecular formula is C12H18ClN3OS. The number of carbonyl (C=O) groups excluding carboxylic acids is 1. The fraction of sp³-hybridized carbons (Fsp3) is 0.667. The molecule has 0 aliphatic carbocycles. The molecule has 3 rings (SSSR count). The number of likely N-dealkylation sites (tertiary alicyclic amines) is 1. The predicted octanol–water partition coefficient (Wildman–Crippen LogP) is 1.64. The smallest absolute Gasteiger partial charge is 0.224 e. The predicted molar refractivity (Wildman–Crippen MR) is 74.2 cm³/mol. The Labute approximate surface area is 117 Å². The number of amides is 1. The van der Waals surface area contributed by atoms with Crippen molar-refractivity contribution in [3.05, 3.63) is 15.6 Å². The van der Waals surface area contributed by atoms with Crippen LogP contribution in [0.4, 0.5) is 0 Å². The quantitative estimate of drug-likeness (QED) is 0.899. The molecule has 0 saturated carbocycles. The first-order chi connectivity index (χ1) is 8.15. The monoisotopic (exact) mass is 287 g/mol. The number of nitrogens with one attached hydrogen (secondary N) is 1. The number of aryl methyl sites for hydroxylation is 2. The third-order valence-corrected chi connectivity index (χ3v) is 4.86. The van der Waals surface area contributed by atoms with Gasteiger partial charge >= 0.3 is 0 Å². The van der Waals surface area contributed by atoms with Crippen molar-refractivity contribution in [2.45, 2.75) is 45.3 Å². The Hall–Kier alpha value is -0.650. The molecule has 1 N–H and O–H groups in total. The van der Waals surface area contributed by atoms with E-state index in [1.807, 2.05) is 11.8 Å². The zero-order chi connectivity index (χ0) is 12.0. The van der Waals surface area contributed by atoms with Gasteiger partial charge in [0.1, 0.15) is 5.01 Å². The van der Waals surface area contributed by atoms with Crippen LogP contribution < -0.4 is 5.32 Å². The average molecular weight is 288 g/mol. The normalized spacial score (nSPS) is 26.3. The fourth-order valence-electron chi connectivity index (χ4n) is 2.78. The summed E-state index contributed by atoms with van der Waals surface area (Å²) in [6, 6.07) is 0.775. The van der Waals surface area contributed by atoms with E-state index in [-0.39, 0.29) is 18.3 Å². The van der Waals surface area contributed by atoms with Crippen molar-refractivity contribution in [1.29, 1.82) is 0 Å². The molecule has 6 heteroatoms. The van der Waals surface area contributed by atoms with Gasteiger partial charge in [-0.2, -0.15) is 0 Å². The molecular weight excluding hydrogens is 270 g/mol. The molecule has 2 aliphatic rings. The lowest BCUT2D eigenvalue weighted by atomic mass is 10.1. The first-order valence-electron chi connectivity index (χ1n) is 6.11. The Morgan fingerprint density at radius 2 is 2.28 bits per heavy atom. The molecule has 2 atom stereocenters. The van der Waals surface area contributed by atoms with E-state index in [1.165, 1.54) is 4.88 Å². The zero-order valence-corrected chi connectivity index (χ0v) is 12.2. The van der Waals surface area contributed by atoms with Gasteiger partial charge in [0.15, 0.2) is 0 Å². The van der Waals surface area contributed by atoms with Crippen LogP contribution in [0.1, 0.15) is 28.4 Å². The second-order valence-corrected chi connectivity index (χ2v) is 6.18. The maximum Gasteiger partial charge on any atom is 0.224 e. The lowest BCUT2D eigenvalue weighted by Gasteiger charge is -2.22. The molecule has 2 fully saturated rings. The van der Waals surface area contributed by atoms with Crippen LogP contribution in [0.25, 0.3) is 0 Å². The van der Waals surface area contributed by atoms with Gasteiger partial charge in [0.2, 0.25) is 5.91 Å². The Bertz CT molecular complexity index is 443. The molecule has 0 unspecified atom stereocenters. The van der Waals surface area contributed by atoms with Crippen LogP contribution in [0.5, 0.6) is 0 Å². The molecule has 0 radical (unpaired) electrons. The number of thiazole rings is 1. The van der Waals surface area contributed by atoms with E-state index >= 15 is 0 Å². The third-order valence-electron chi connectivity index (χ3n) is 3.80. The molecule has 1 amide bonds. The summed E-state index contributed by atoms with van der Waals surface area (Å²) < 4.78 is 0. The summed E-state index contributed by atoms with van der Waals surface area (Å²) in [6.07, 6.45) is 1.74. The highest BCUT2D eigenvalue weighted by Crippen LogP contribution is 2.29. The van der Waals surface area contributed by atoms with Gasteiger partial charge in [-0.15, -0.1) is 23.7 Å². The lowest BCUT2D eigenvalue weighted by molar-refractivity contribution is -0.129. The summed E-state index contributed by atoms with van der Waals surface area (Å²) in [5.41, 5.74) is 1.10. The molecule has 0 aromatic carbocycles. The van der Waals surface area contributed by atoms with Gasteiger partial charge < -0.3 is 10.2 Å². The summed E-state index contributed by atoms with van der Waals surface area (Å²) in [6.45, 7) is 5.85. The van der Waals surface area contributed by atoms with Crippen molar-refractivity contribution in [1.82, 2.24) is 15.2 Å². The van der Waals surface area contributed by atoms with Crippen LogP contribution >= 0.6 is 23.7 Å². The minimum Gasteiger partial charge on any atom is -0.331 e. The number of halogens is 1. The number of nitrogens with zero attached hydrogens (tertiary/aromatic N) is 2. The van der Waals surface area contributed by atoms with Crippen molar-refractivity contribution >= 4 is 29.7 Å². The largest absolute Gasteiger partial charge is 0.331 e. The second kappa shape index (κ2) is 5.15. The number of rotatable bonds is 2. The average Bonchev–Trinajstić information content (AvgIpc) is 2.89. The van der Waals surface area contributed by atoms with Crippen molar-refractivity contribution < 1.29 is 4.79 Å². The Balaban J connectivity index is 0.00000120. The van der Waals surface area contributed by atoms with Crippen LogP contribution in [-0.4, -0.2) is 34.4 Å². The third kappa shape index (κ3) is 2.27. The first kappa shape index (κ1) is 13.8. The number of carbonyl (C=O) groups is 1. The zero-order valence-electron chi connectivity index (χ0n) is 10.6. The van der Waals surface area contributed by atoms with E-state index in [4.69, 9.17) is 0 Å². The minimum absolute atomic E-state index is 0. The van der Waals surface area contributed by atoms with Gasteiger partial charge in [0, 0.05) is 23.4 Å². The summed E-state index contributed by atoms with van der Waals surface area (Å²) in [5, 5.41) is 4.47. The Morgan fingerprint density at radius 3 is 2.94 bits per heavy atom. The highest BCUT2D eigenvalue weighted by Gasteiger charge is 2.42. The Kier molecular flexibility index (Phi) is 3.94. The molecule has 4 nitrogen and oxygen atoms in total.